The number of hydrogen-bond acceptors (Lipinski definition) is 3. The highest BCUT2D eigenvalue weighted by atomic mass is 35.5. The van der Waals surface area contributed by atoms with E-state index in [2.05, 4.69) is 9.88 Å². The van der Waals surface area contributed by atoms with Crippen molar-refractivity contribution in [3.8, 4) is 0 Å². The second-order valence-corrected chi connectivity index (χ2v) is 5.38. The van der Waals surface area contributed by atoms with Crippen LogP contribution in [-0.2, 0) is 0 Å². The molecule has 6 heteroatoms. The summed E-state index contributed by atoms with van der Waals surface area (Å²) in [6, 6.07) is 5.75. The number of H-pyrrole nitrogens is 1. The number of para-hydroxylation sites is 1. The van der Waals surface area contributed by atoms with Gasteiger partial charge in [0.2, 0.25) is 0 Å². The Morgan fingerprint density at radius 3 is 2.79 bits per heavy atom. The van der Waals surface area contributed by atoms with Crippen LogP contribution in [0.25, 0.3) is 11.0 Å². The average Bonchev–Trinajstić information content (AvgIpc) is 2.76. The molecule has 2 aromatic rings. The molecule has 0 spiro atoms. The quantitative estimate of drug-likeness (QED) is 0.877. The Kier molecular flexibility index (Phi) is 3.35. The van der Waals surface area contributed by atoms with Crippen molar-refractivity contribution in [3.63, 3.8) is 0 Å². The van der Waals surface area contributed by atoms with Crippen molar-refractivity contribution in [1.29, 1.82) is 0 Å². The third-order valence-corrected chi connectivity index (χ3v) is 4.17. The molecule has 0 bridgehead atoms. The van der Waals surface area contributed by atoms with Crippen LogP contribution in [0.5, 0.6) is 0 Å². The number of nitrogens with zero attached hydrogens (tertiary/aromatic N) is 2. The Morgan fingerprint density at radius 1 is 1.37 bits per heavy atom. The van der Waals surface area contributed by atoms with Gasteiger partial charge >= 0.3 is 5.69 Å². The van der Waals surface area contributed by atoms with Crippen molar-refractivity contribution in [2.24, 2.45) is 5.73 Å². The second-order valence-electron chi connectivity index (χ2n) is 4.97. The summed E-state index contributed by atoms with van der Waals surface area (Å²) in [7, 11) is 0. The van der Waals surface area contributed by atoms with Gasteiger partial charge in [0.15, 0.2) is 0 Å². The first-order chi connectivity index (χ1) is 9.20. The molecular weight excluding hydrogens is 264 g/mol. The van der Waals surface area contributed by atoms with Gasteiger partial charge in [-0.15, -0.1) is 0 Å². The summed E-state index contributed by atoms with van der Waals surface area (Å²) in [5.41, 5.74) is 7.19. The number of nitrogens with two attached hydrogens (primary N) is 1. The van der Waals surface area contributed by atoms with Gasteiger partial charge in [-0.25, -0.2) is 4.79 Å². The van der Waals surface area contributed by atoms with Crippen LogP contribution in [0.3, 0.4) is 0 Å². The maximum absolute atomic E-state index is 12.2. The fraction of sp³-hybridized carbons (Fsp3) is 0.462. The topological polar surface area (TPSA) is 67.0 Å². The molecule has 1 aliphatic heterocycles. The molecule has 3 rings (SSSR count). The number of nitrogens with one attached hydrogen (secondary N) is 1. The molecule has 0 radical (unpaired) electrons. The van der Waals surface area contributed by atoms with E-state index >= 15 is 0 Å². The zero-order valence-electron chi connectivity index (χ0n) is 10.6. The van der Waals surface area contributed by atoms with Crippen LogP contribution in [-0.4, -0.2) is 34.2 Å². The maximum Gasteiger partial charge on any atom is 0.326 e. The van der Waals surface area contributed by atoms with E-state index in [0.29, 0.717) is 11.7 Å². The minimum atomic E-state index is -0.0747. The molecule has 19 heavy (non-hydrogen) atoms. The first kappa shape index (κ1) is 12.7. The Bertz CT molecular complexity index is 640. The molecular formula is C13H17ClN4O. The minimum absolute atomic E-state index is 0.0747. The van der Waals surface area contributed by atoms with E-state index in [-0.39, 0.29) is 11.7 Å². The molecule has 0 atom stereocenters. The lowest BCUT2D eigenvalue weighted by Gasteiger charge is -2.31. The van der Waals surface area contributed by atoms with Crippen LogP contribution in [0.4, 0.5) is 0 Å². The number of halogens is 1. The summed E-state index contributed by atoms with van der Waals surface area (Å²) < 4.78 is 1.81. The molecule has 2 heterocycles. The van der Waals surface area contributed by atoms with Crippen molar-refractivity contribution in [2.75, 3.05) is 19.8 Å². The first-order valence-electron chi connectivity index (χ1n) is 6.52. The third-order valence-electron chi connectivity index (χ3n) is 3.87. The maximum atomic E-state index is 12.2. The predicted octanol–water partition coefficient (Wildman–Crippen LogP) is 1.54. The van der Waals surface area contributed by atoms with Crippen LogP contribution in [0.1, 0.15) is 18.9 Å². The molecule has 0 amide bonds. The van der Waals surface area contributed by atoms with Gasteiger partial charge in [-0.05, 0) is 25.0 Å². The summed E-state index contributed by atoms with van der Waals surface area (Å²) in [6.45, 7) is 2.42. The number of benzene rings is 1. The number of likely N-dealkylation sites (tertiary alicyclic amines) is 1. The molecule has 102 valence electrons. The second kappa shape index (κ2) is 5.00. The molecule has 0 aliphatic carbocycles. The van der Waals surface area contributed by atoms with Gasteiger partial charge in [0, 0.05) is 25.8 Å². The predicted molar refractivity (Wildman–Crippen MR) is 76.5 cm³/mol. The van der Waals surface area contributed by atoms with E-state index in [9.17, 15) is 4.79 Å². The summed E-state index contributed by atoms with van der Waals surface area (Å²) >= 11 is 6.24. The molecule has 1 saturated heterocycles. The molecule has 1 aliphatic rings. The van der Waals surface area contributed by atoms with Crippen molar-refractivity contribution >= 4 is 22.6 Å². The summed E-state index contributed by atoms with van der Waals surface area (Å²) in [4.78, 5) is 17.2. The number of rotatable bonds is 2. The largest absolute Gasteiger partial charge is 0.326 e. The molecule has 1 aromatic heterocycles. The smallest absolute Gasteiger partial charge is 0.318 e. The van der Waals surface area contributed by atoms with E-state index in [1.807, 2.05) is 22.8 Å². The molecule has 3 N–H and O–H groups in total. The van der Waals surface area contributed by atoms with E-state index in [1.165, 1.54) is 0 Å². The first-order valence-corrected chi connectivity index (χ1v) is 6.89. The lowest BCUT2D eigenvalue weighted by atomic mass is 10.0. The normalized spacial score (nSPS) is 18.2. The molecule has 0 unspecified atom stereocenters. The standard InChI is InChI=1S/C13H17ClN4O/c14-10-2-1-3-11-12(10)18(13(19)16-11)9-4-6-17(8-15)7-5-9/h1-3,9H,4-8,15H2,(H,16,19). The number of aromatic amines is 1. The number of fused-ring (bicyclic) bond motifs is 1. The Morgan fingerprint density at radius 2 is 2.11 bits per heavy atom. The van der Waals surface area contributed by atoms with Crippen LogP contribution >= 0.6 is 11.6 Å². The molecule has 5 nitrogen and oxygen atoms in total. The minimum Gasteiger partial charge on any atom is -0.318 e. The SMILES string of the molecule is NCN1CCC(n2c(=O)[nH]c3cccc(Cl)c32)CC1. The van der Waals surface area contributed by atoms with Gasteiger partial charge in [0.25, 0.3) is 0 Å². The molecule has 1 aromatic carbocycles. The van der Waals surface area contributed by atoms with Crippen molar-refractivity contribution in [2.45, 2.75) is 18.9 Å². The zero-order valence-corrected chi connectivity index (χ0v) is 11.4. The molecule has 0 saturated carbocycles. The van der Waals surface area contributed by atoms with Crippen LogP contribution in [0.15, 0.2) is 23.0 Å². The highest BCUT2D eigenvalue weighted by Gasteiger charge is 2.23. The summed E-state index contributed by atoms with van der Waals surface area (Å²) in [5, 5.41) is 0.622. The van der Waals surface area contributed by atoms with E-state index in [4.69, 9.17) is 17.3 Å². The fourth-order valence-electron chi connectivity index (χ4n) is 2.85. The highest BCUT2D eigenvalue weighted by molar-refractivity contribution is 6.34. The van der Waals surface area contributed by atoms with Crippen LogP contribution < -0.4 is 11.4 Å². The Balaban J connectivity index is 2.01. The fourth-order valence-corrected chi connectivity index (χ4v) is 3.11. The van der Waals surface area contributed by atoms with Crippen LogP contribution in [0, 0.1) is 0 Å². The lowest BCUT2D eigenvalue weighted by Crippen LogP contribution is -2.39. The Labute approximate surface area is 116 Å². The summed E-state index contributed by atoms with van der Waals surface area (Å²) in [6.07, 6.45) is 1.85. The average molecular weight is 281 g/mol. The highest BCUT2D eigenvalue weighted by Crippen LogP contribution is 2.28. The van der Waals surface area contributed by atoms with Gasteiger partial charge in [-0.3, -0.25) is 9.47 Å². The summed E-state index contributed by atoms with van der Waals surface area (Å²) in [5.74, 6) is 0. The van der Waals surface area contributed by atoms with E-state index in [0.717, 1.165) is 37.0 Å². The number of piperidine rings is 1. The van der Waals surface area contributed by atoms with Crippen molar-refractivity contribution < 1.29 is 0 Å². The van der Waals surface area contributed by atoms with Gasteiger partial charge in [0.1, 0.15) is 0 Å². The van der Waals surface area contributed by atoms with Gasteiger partial charge < -0.3 is 10.7 Å². The van der Waals surface area contributed by atoms with Gasteiger partial charge in [-0.2, -0.15) is 0 Å². The van der Waals surface area contributed by atoms with Gasteiger partial charge in [-0.1, -0.05) is 17.7 Å². The van der Waals surface area contributed by atoms with Crippen molar-refractivity contribution in [1.82, 2.24) is 14.5 Å². The van der Waals surface area contributed by atoms with Gasteiger partial charge in [0.05, 0.1) is 16.1 Å². The number of imidazole rings is 1. The number of aromatic nitrogens is 2. The molecule has 1 fully saturated rings. The number of hydrogen-bond donors (Lipinski definition) is 2. The van der Waals surface area contributed by atoms with Crippen molar-refractivity contribution in [3.05, 3.63) is 33.7 Å². The third kappa shape index (κ3) is 2.18. The monoisotopic (exact) mass is 280 g/mol. The lowest BCUT2D eigenvalue weighted by molar-refractivity contribution is 0.191. The van der Waals surface area contributed by atoms with E-state index in [1.54, 1.807) is 0 Å². The van der Waals surface area contributed by atoms with Crippen LogP contribution in [0.2, 0.25) is 5.02 Å². The van der Waals surface area contributed by atoms with E-state index < -0.39 is 0 Å². The Hall–Kier alpha value is -1.30. The zero-order chi connectivity index (χ0) is 13.4.